The summed E-state index contributed by atoms with van der Waals surface area (Å²) in [4.78, 5) is 57.1. The molecule has 0 atom stereocenters. The molecule has 0 radical (unpaired) electrons. The van der Waals surface area contributed by atoms with Gasteiger partial charge >= 0.3 is 23.9 Å². The van der Waals surface area contributed by atoms with Crippen LogP contribution in [0.2, 0.25) is 0 Å². The molecule has 0 saturated carbocycles. The summed E-state index contributed by atoms with van der Waals surface area (Å²) in [6.45, 7) is 10.9. The van der Waals surface area contributed by atoms with Crippen molar-refractivity contribution >= 4 is 23.9 Å². The number of aromatic nitrogens is 2. The van der Waals surface area contributed by atoms with Gasteiger partial charge in [-0.25, -0.2) is 19.2 Å². The van der Waals surface area contributed by atoms with E-state index in [9.17, 15) is 24.3 Å². The Morgan fingerprint density at radius 3 is 1.13 bits per heavy atom. The Morgan fingerprint density at radius 2 is 0.803 bits per heavy atom. The van der Waals surface area contributed by atoms with Gasteiger partial charge in [0.05, 0.1) is 55.0 Å². The highest BCUT2D eigenvalue weighted by Crippen LogP contribution is 2.34. The van der Waals surface area contributed by atoms with Gasteiger partial charge in [-0.3, -0.25) is 9.97 Å². The summed E-state index contributed by atoms with van der Waals surface area (Å²) in [6, 6.07) is 32.0. The van der Waals surface area contributed by atoms with Gasteiger partial charge in [0.1, 0.15) is 22.7 Å². The molecule has 0 bridgehead atoms. The molecular formula is C49H48N2O10. The van der Waals surface area contributed by atoms with Crippen LogP contribution >= 0.6 is 0 Å². The lowest BCUT2D eigenvalue weighted by molar-refractivity contribution is 0.00570. The van der Waals surface area contributed by atoms with Crippen LogP contribution in [0, 0.1) is 0 Å². The van der Waals surface area contributed by atoms with E-state index in [1.54, 1.807) is 62.8 Å². The molecule has 0 fully saturated rings. The lowest BCUT2D eigenvalue weighted by atomic mass is 9.97. The number of nitrogens with zero attached hydrogens (tertiary/aromatic N) is 2. The maximum absolute atomic E-state index is 12.3. The molecule has 0 spiro atoms. The summed E-state index contributed by atoms with van der Waals surface area (Å²) in [5.41, 5.74) is 6.07. The Kier molecular flexibility index (Phi) is 14.1. The first-order chi connectivity index (χ1) is 28.9. The molecule has 4 aromatic carbocycles. The number of hydrogen-bond donors (Lipinski definition) is 1. The van der Waals surface area contributed by atoms with Gasteiger partial charge in [-0.05, 0) is 138 Å². The van der Waals surface area contributed by atoms with Crippen molar-refractivity contribution in [3.8, 4) is 56.3 Å². The molecule has 12 nitrogen and oxygen atoms in total. The molecule has 61 heavy (non-hydrogen) atoms. The fourth-order valence-corrected chi connectivity index (χ4v) is 5.92. The number of aromatic carboxylic acids is 1. The van der Waals surface area contributed by atoms with Crippen molar-refractivity contribution < 1.29 is 48.0 Å². The minimum Gasteiger partial charge on any atom is -0.497 e. The number of pyridine rings is 2. The van der Waals surface area contributed by atoms with Crippen LogP contribution in [0.5, 0.6) is 11.5 Å². The van der Waals surface area contributed by atoms with Gasteiger partial charge in [-0.2, -0.15) is 0 Å². The van der Waals surface area contributed by atoms with Crippen LogP contribution in [-0.4, -0.2) is 71.5 Å². The van der Waals surface area contributed by atoms with Crippen molar-refractivity contribution in [1.29, 1.82) is 0 Å². The number of hydrogen-bond acceptors (Lipinski definition) is 11. The molecule has 0 amide bonds. The van der Waals surface area contributed by atoms with E-state index in [4.69, 9.17) is 23.7 Å². The summed E-state index contributed by atoms with van der Waals surface area (Å²) < 4.78 is 26.1. The number of carboxylic acids is 1. The zero-order valence-electron chi connectivity index (χ0n) is 35.6. The third-order valence-corrected chi connectivity index (χ3v) is 8.83. The number of benzene rings is 4. The number of carbonyl (C=O) groups is 4. The fraction of sp³-hybridized carbons (Fsp3) is 0.224. The molecule has 1 N–H and O–H groups in total. The summed E-state index contributed by atoms with van der Waals surface area (Å²) in [5, 5.41) is 9.39. The molecule has 314 valence electrons. The van der Waals surface area contributed by atoms with Gasteiger partial charge < -0.3 is 28.8 Å². The molecule has 0 saturated heterocycles. The van der Waals surface area contributed by atoms with Crippen LogP contribution in [0.3, 0.4) is 0 Å². The van der Waals surface area contributed by atoms with Gasteiger partial charge in [-0.1, -0.05) is 24.3 Å². The predicted molar refractivity (Wildman–Crippen MR) is 232 cm³/mol. The molecule has 12 heteroatoms. The smallest absolute Gasteiger partial charge is 0.339 e. The number of rotatable bonds is 10. The van der Waals surface area contributed by atoms with Crippen molar-refractivity contribution in [2.75, 3.05) is 21.3 Å². The molecular weight excluding hydrogens is 777 g/mol. The van der Waals surface area contributed by atoms with Crippen LogP contribution in [0.1, 0.15) is 83.0 Å². The normalized spacial score (nSPS) is 11.0. The first-order valence-electron chi connectivity index (χ1n) is 19.2. The molecule has 2 aromatic heterocycles. The third-order valence-electron chi connectivity index (χ3n) is 8.83. The van der Waals surface area contributed by atoms with Gasteiger partial charge in [0.2, 0.25) is 0 Å². The monoisotopic (exact) mass is 824 g/mol. The Labute approximate surface area is 355 Å². The second-order valence-electron chi connectivity index (χ2n) is 15.7. The first kappa shape index (κ1) is 44.8. The largest absolute Gasteiger partial charge is 0.497 e. The van der Waals surface area contributed by atoms with Gasteiger partial charge in [-0.15, -0.1) is 0 Å². The summed E-state index contributed by atoms with van der Waals surface area (Å²) in [5.74, 6) is -0.893. The SMILES string of the molecule is COC(=O)c1cnc(-c2ccc(OC)cc2)c(-c2ccc(C(=O)OC(C)(C)C)cc2)c1.COc1ccc(-c2ncc(C(=O)O)cc2-c2ccc(C(=O)OC(C)(C)C)cc2)cc1. The molecule has 2 heterocycles. The van der Waals surface area contributed by atoms with E-state index in [1.165, 1.54) is 19.5 Å². The van der Waals surface area contributed by atoms with E-state index in [0.29, 0.717) is 39.4 Å². The van der Waals surface area contributed by atoms with E-state index in [2.05, 4.69) is 9.97 Å². The van der Waals surface area contributed by atoms with Crippen molar-refractivity contribution in [2.24, 2.45) is 0 Å². The summed E-state index contributed by atoms with van der Waals surface area (Å²) in [6.07, 6.45) is 2.82. The van der Waals surface area contributed by atoms with Crippen LogP contribution < -0.4 is 9.47 Å². The minimum atomic E-state index is -1.06. The van der Waals surface area contributed by atoms with Crippen LogP contribution in [0.4, 0.5) is 0 Å². The highest BCUT2D eigenvalue weighted by molar-refractivity contribution is 5.95. The Bertz CT molecular complexity index is 2500. The van der Waals surface area contributed by atoms with E-state index in [0.717, 1.165) is 33.6 Å². The number of methoxy groups -OCH3 is 3. The third kappa shape index (κ3) is 11.9. The molecule has 0 aliphatic heterocycles. The van der Waals surface area contributed by atoms with Crippen LogP contribution in [0.15, 0.2) is 122 Å². The van der Waals surface area contributed by atoms with Crippen molar-refractivity contribution in [3.63, 3.8) is 0 Å². The van der Waals surface area contributed by atoms with E-state index >= 15 is 0 Å². The minimum absolute atomic E-state index is 0.0819. The van der Waals surface area contributed by atoms with E-state index in [1.807, 2.05) is 102 Å². The van der Waals surface area contributed by atoms with Gasteiger partial charge in [0.25, 0.3) is 0 Å². The van der Waals surface area contributed by atoms with E-state index < -0.39 is 35.1 Å². The molecule has 6 rings (SSSR count). The number of ether oxygens (including phenoxy) is 5. The number of carboxylic acid groups (broad SMARTS) is 1. The molecule has 0 aliphatic carbocycles. The first-order valence-corrected chi connectivity index (χ1v) is 19.2. The Morgan fingerprint density at radius 1 is 0.459 bits per heavy atom. The van der Waals surface area contributed by atoms with Gasteiger partial charge in [0.15, 0.2) is 0 Å². The lowest BCUT2D eigenvalue weighted by Crippen LogP contribution is -2.23. The average molecular weight is 825 g/mol. The van der Waals surface area contributed by atoms with Crippen molar-refractivity contribution in [2.45, 2.75) is 52.7 Å². The summed E-state index contributed by atoms with van der Waals surface area (Å²) >= 11 is 0. The number of esters is 3. The Hall–Kier alpha value is -7.34. The van der Waals surface area contributed by atoms with E-state index in [-0.39, 0.29) is 5.56 Å². The van der Waals surface area contributed by atoms with Crippen LogP contribution in [-0.2, 0) is 14.2 Å². The number of carbonyl (C=O) groups excluding carboxylic acids is 3. The summed E-state index contributed by atoms with van der Waals surface area (Å²) in [7, 11) is 4.53. The predicted octanol–water partition coefficient (Wildman–Crippen LogP) is 10.2. The quantitative estimate of drug-likeness (QED) is 0.103. The maximum Gasteiger partial charge on any atom is 0.339 e. The second-order valence-corrected chi connectivity index (χ2v) is 15.7. The standard InChI is InChI=1S/C25H25NO5.C24H23NO5/c1-25(2,3)31-24(28)18-8-6-16(7-9-18)21-14-19(23(27)30-5)15-26-22(21)17-10-12-20(29-4)13-11-17;1-24(2,3)30-23(28)17-7-5-15(6-8-17)20-13-18(22(26)27)14-25-21(20)16-9-11-19(29-4)12-10-16/h6-15H,1-5H3;5-14H,1-4H3,(H,26,27). The average Bonchev–Trinajstić information content (AvgIpc) is 3.25. The highest BCUT2D eigenvalue weighted by atomic mass is 16.6. The second kappa shape index (κ2) is 19.2. The molecule has 0 aliphatic rings. The lowest BCUT2D eigenvalue weighted by Gasteiger charge is -2.19. The zero-order valence-corrected chi connectivity index (χ0v) is 35.6. The molecule has 0 unspecified atom stereocenters. The van der Waals surface area contributed by atoms with Gasteiger partial charge in [0, 0.05) is 34.6 Å². The fourth-order valence-electron chi connectivity index (χ4n) is 5.92. The topological polar surface area (TPSA) is 160 Å². The van der Waals surface area contributed by atoms with Crippen LogP contribution in [0.25, 0.3) is 44.8 Å². The maximum atomic E-state index is 12.3. The highest BCUT2D eigenvalue weighted by Gasteiger charge is 2.21. The van der Waals surface area contributed by atoms with Crippen molar-refractivity contribution in [3.05, 3.63) is 144 Å². The Balaban J connectivity index is 0.000000231. The zero-order chi connectivity index (χ0) is 44.5. The van der Waals surface area contributed by atoms with Crippen molar-refractivity contribution in [1.82, 2.24) is 9.97 Å². The molecule has 6 aromatic rings.